The third-order valence-corrected chi connectivity index (χ3v) is 4.88. The van der Waals surface area contributed by atoms with Crippen molar-refractivity contribution >= 4 is 35.2 Å². The smallest absolute Gasteiger partial charge is 0.323 e. The lowest BCUT2D eigenvalue weighted by molar-refractivity contribution is -0.137. The number of benzene rings is 1. The zero-order valence-corrected chi connectivity index (χ0v) is 15.4. The summed E-state index contributed by atoms with van der Waals surface area (Å²) in [6.45, 7) is -0.143. The number of imidazole rings is 1. The fourth-order valence-electron chi connectivity index (χ4n) is 2.18. The lowest BCUT2D eigenvalue weighted by Gasteiger charge is -2.07. The molecule has 1 aromatic carbocycles. The monoisotopic (exact) mass is 403 g/mol. The van der Waals surface area contributed by atoms with Gasteiger partial charge in [-0.3, -0.25) is 9.59 Å². The minimum atomic E-state index is -0.988. The first-order valence-electron chi connectivity index (χ1n) is 7.79. The molecule has 3 aromatic rings. The Kier molecular flexibility index (Phi) is 6.05. The molecule has 3 rings (SSSR count). The number of hydrogen-bond acceptors (Lipinski definition) is 6. The van der Waals surface area contributed by atoms with Crippen LogP contribution in [0.25, 0.3) is 0 Å². The Morgan fingerprint density at radius 3 is 2.70 bits per heavy atom. The van der Waals surface area contributed by atoms with Gasteiger partial charge in [0, 0.05) is 17.3 Å². The minimum Gasteiger partial charge on any atom is -0.480 e. The predicted octanol–water partition coefficient (Wildman–Crippen LogP) is 2.49. The van der Waals surface area contributed by atoms with Crippen molar-refractivity contribution < 1.29 is 14.7 Å². The van der Waals surface area contributed by atoms with Gasteiger partial charge in [-0.25, -0.2) is 4.98 Å². The highest BCUT2D eigenvalue weighted by Gasteiger charge is 2.12. The van der Waals surface area contributed by atoms with Gasteiger partial charge in [-0.15, -0.1) is 10.2 Å². The number of hydrogen-bond donors (Lipinski definition) is 2. The Morgan fingerprint density at radius 2 is 2.00 bits per heavy atom. The molecule has 0 aliphatic rings. The fraction of sp³-hybridized carbons (Fsp3) is 0.118. The average Bonchev–Trinajstić information content (AvgIpc) is 3.08. The predicted molar refractivity (Wildman–Crippen MR) is 98.6 cm³/mol. The standard InChI is InChI=1S/C17H14ClN5O3S/c18-11-3-1-2-4-13(11)27-15-6-5-12(21-22-15)17(26)20-9-14-19-7-8-23(14)10-16(24)25/h1-8H,9-10H2,(H,20,26)(H,24,25). The van der Waals surface area contributed by atoms with Crippen molar-refractivity contribution in [3.05, 3.63) is 65.3 Å². The molecular formula is C17H14ClN5O3S. The van der Waals surface area contributed by atoms with Crippen molar-refractivity contribution in [2.45, 2.75) is 23.0 Å². The van der Waals surface area contributed by atoms with Crippen LogP contribution in [0.4, 0.5) is 0 Å². The molecule has 2 N–H and O–H groups in total. The summed E-state index contributed by atoms with van der Waals surface area (Å²) in [4.78, 5) is 27.9. The quantitative estimate of drug-likeness (QED) is 0.623. The van der Waals surface area contributed by atoms with Crippen LogP contribution < -0.4 is 5.32 Å². The van der Waals surface area contributed by atoms with Gasteiger partial charge in [-0.05, 0) is 24.3 Å². The van der Waals surface area contributed by atoms with Crippen LogP contribution in [-0.2, 0) is 17.9 Å². The SMILES string of the molecule is O=C(O)Cn1ccnc1CNC(=O)c1ccc(Sc2ccccc2Cl)nn1. The maximum atomic E-state index is 12.2. The number of amides is 1. The highest BCUT2D eigenvalue weighted by atomic mass is 35.5. The van der Waals surface area contributed by atoms with E-state index in [9.17, 15) is 9.59 Å². The van der Waals surface area contributed by atoms with E-state index in [1.54, 1.807) is 18.2 Å². The summed E-state index contributed by atoms with van der Waals surface area (Å²) in [5.74, 6) is -0.982. The second-order valence-electron chi connectivity index (χ2n) is 5.34. The molecular weight excluding hydrogens is 390 g/mol. The second kappa shape index (κ2) is 8.65. The van der Waals surface area contributed by atoms with Crippen molar-refractivity contribution in [3.63, 3.8) is 0 Å². The van der Waals surface area contributed by atoms with E-state index in [0.29, 0.717) is 15.9 Å². The molecule has 27 heavy (non-hydrogen) atoms. The van der Waals surface area contributed by atoms with Gasteiger partial charge >= 0.3 is 5.97 Å². The summed E-state index contributed by atoms with van der Waals surface area (Å²) in [5.41, 5.74) is 0.148. The van der Waals surface area contributed by atoms with E-state index in [0.717, 1.165) is 4.90 Å². The van der Waals surface area contributed by atoms with Gasteiger partial charge in [-0.2, -0.15) is 0 Å². The highest BCUT2D eigenvalue weighted by Crippen LogP contribution is 2.31. The lowest BCUT2D eigenvalue weighted by Crippen LogP contribution is -2.26. The number of carboxylic acid groups (broad SMARTS) is 1. The van der Waals surface area contributed by atoms with Gasteiger partial charge in [0.05, 0.1) is 11.6 Å². The molecule has 0 aliphatic carbocycles. The molecule has 0 aliphatic heterocycles. The van der Waals surface area contributed by atoms with E-state index in [1.807, 2.05) is 18.2 Å². The summed E-state index contributed by atoms with van der Waals surface area (Å²) in [7, 11) is 0. The largest absolute Gasteiger partial charge is 0.480 e. The van der Waals surface area contributed by atoms with E-state index in [4.69, 9.17) is 16.7 Å². The first-order chi connectivity index (χ1) is 13.0. The maximum absolute atomic E-state index is 12.2. The first-order valence-corrected chi connectivity index (χ1v) is 8.98. The molecule has 10 heteroatoms. The van der Waals surface area contributed by atoms with Crippen LogP contribution in [0.2, 0.25) is 5.02 Å². The molecule has 2 heterocycles. The molecule has 1 amide bonds. The normalized spacial score (nSPS) is 10.6. The van der Waals surface area contributed by atoms with E-state index < -0.39 is 11.9 Å². The number of nitrogens with zero attached hydrogens (tertiary/aromatic N) is 4. The number of carbonyl (C=O) groups is 2. The number of rotatable bonds is 7. The van der Waals surface area contributed by atoms with Crippen LogP contribution in [0.1, 0.15) is 16.3 Å². The fourth-order valence-corrected chi connectivity index (χ4v) is 3.19. The van der Waals surface area contributed by atoms with Crippen molar-refractivity contribution in [1.82, 2.24) is 25.1 Å². The molecule has 0 unspecified atom stereocenters. The maximum Gasteiger partial charge on any atom is 0.323 e. The van der Waals surface area contributed by atoms with Crippen LogP contribution >= 0.6 is 23.4 Å². The van der Waals surface area contributed by atoms with Gasteiger partial charge in [0.1, 0.15) is 17.4 Å². The molecule has 0 bridgehead atoms. The molecule has 0 fully saturated rings. The highest BCUT2D eigenvalue weighted by molar-refractivity contribution is 7.99. The minimum absolute atomic E-state index is 0.0803. The zero-order chi connectivity index (χ0) is 19.2. The average molecular weight is 404 g/mol. The molecule has 0 radical (unpaired) electrons. The topological polar surface area (TPSA) is 110 Å². The van der Waals surface area contributed by atoms with E-state index >= 15 is 0 Å². The Labute approximate surface area is 163 Å². The van der Waals surface area contributed by atoms with Crippen LogP contribution in [0, 0.1) is 0 Å². The van der Waals surface area contributed by atoms with Crippen LogP contribution in [0.15, 0.2) is 58.7 Å². The Balaban J connectivity index is 1.60. The number of nitrogens with one attached hydrogen (secondary N) is 1. The number of aromatic nitrogens is 4. The van der Waals surface area contributed by atoms with Gasteiger partial charge in [0.2, 0.25) is 0 Å². The second-order valence-corrected chi connectivity index (χ2v) is 6.81. The molecule has 8 nitrogen and oxygen atoms in total. The molecule has 0 spiro atoms. The van der Waals surface area contributed by atoms with Crippen molar-refractivity contribution in [3.8, 4) is 0 Å². The summed E-state index contributed by atoms with van der Waals surface area (Å²) in [6, 6.07) is 10.6. The first kappa shape index (κ1) is 18.9. The third-order valence-electron chi connectivity index (χ3n) is 3.44. The van der Waals surface area contributed by atoms with Gasteiger partial charge in [-0.1, -0.05) is 35.5 Å². The van der Waals surface area contributed by atoms with E-state index in [1.165, 1.54) is 28.7 Å². The Bertz CT molecular complexity index is 961. The van der Waals surface area contributed by atoms with Crippen LogP contribution in [0.5, 0.6) is 0 Å². The number of carbonyl (C=O) groups excluding carboxylic acids is 1. The van der Waals surface area contributed by atoms with E-state index in [2.05, 4.69) is 20.5 Å². The van der Waals surface area contributed by atoms with Gasteiger partial charge in [0.25, 0.3) is 5.91 Å². The van der Waals surface area contributed by atoms with E-state index in [-0.39, 0.29) is 18.8 Å². The molecule has 0 saturated heterocycles. The summed E-state index contributed by atoms with van der Waals surface area (Å²) in [6.07, 6.45) is 3.01. The Hall–Kier alpha value is -2.91. The lowest BCUT2D eigenvalue weighted by atomic mass is 10.3. The third kappa shape index (κ3) is 5.05. The number of carboxylic acids is 1. The van der Waals surface area contributed by atoms with Gasteiger partial charge in [0.15, 0.2) is 5.69 Å². The molecule has 2 aromatic heterocycles. The molecule has 0 saturated carbocycles. The summed E-state index contributed by atoms with van der Waals surface area (Å²) >= 11 is 7.46. The van der Waals surface area contributed by atoms with Crippen molar-refractivity contribution in [1.29, 1.82) is 0 Å². The number of aliphatic carboxylic acids is 1. The zero-order valence-electron chi connectivity index (χ0n) is 13.9. The Morgan fingerprint density at radius 1 is 1.19 bits per heavy atom. The number of halogens is 1. The van der Waals surface area contributed by atoms with Crippen molar-refractivity contribution in [2.75, 3.05) is 0 Å². The van der Waals surface area contributed by atoms with Gasteiger partial charge < -0.3 is 15.0 Å². The summed E-state index contributed by atoms with van der Waals surface area (Å²) < 4.78 is 1.44. The molecule has 0 atom stereocenters. The van der Waals surface area contributed by atoms with Crippen LogP contribution in [-0.4, -0.2) is 36.7 Å². The van der Waals surface area contributed by atoms with Crippen molar-refractivity contribution in [2.24, 2.45) is 0 Å². The van der Waals surface area contributed by atoms with Crippen LogP contribution in [0.3, 0.4) is 0 Å². The molecule has 138 valence electrons. The summed E-state index contributed by atoms with van der Waals surface area (Å²) in [5, 5.41) is 20.7.